The van der Waals surface area contributed by atoms with Crippen LogP contribution >= 0.6 is 0 Å². The van der Waals surface area contributed by atoms with Crippen LogP contribution in [-0.4, -0.2) is 16.1 Å². The second kappa shape index (κ2) is 10.7. The maximum Gasteiger partial charge on any atom is 0.335 e. The average molecular weight is 475 g/mol. The molecule has 0 spiro atoms. The van der Waals surface area contributed by atoms with Crippen LogP contribution in [0.1, 0.15) is 27.2 Å². The van der Waals surface area contributed by atoms with Crippen molar-refractivity contribution in [3.8, 4) is 5.75 Å². The number of carboxylic acid groups (broad SMARTS) is 1. The summed E-state index contributed by atoms with van der Waals surface area (Å²) in [5.41, 5.74) is 5.35. The fourth-order valence-electron chi connectivity index (χ4n) is 4.13. The van der Waals surface area contributed by atoms with Gasteiger partial charge >= 0.3 is 5.97 Å². The van der Waals surface area contributed by atoms with Crippen molar-refractivity contribution in [3.63, 3.8) is 0 Å². The number of fused-ring (bicyclic) bond motifs is 1. The molecule has 36 heavy (non-hydrogen) atoms. The van der Waals surface area contributed by atoms with Crippen LogP contribution in [0.5, 0.6) is 5.75 Å². The van der Waals surface area contributed by atoms with Crippen molar-refractivity contribution in [2.75, 3.05) is 4.90 Å². The number of hydrogen-bond acceptors (Lipinski definition) is 4. The Morgan fingerprint density at radius 2 is 1.47 bits per heavy atom. The highest BCUT2D eigenvalue weighted by molar-refractivity contribution is 5.87. The summed E-state index contributed by atoms with van der Waals surface area (Å²) in [7, 11) is 0. The van der Waals surface area contributed by atoms with Crippen molar-refractivity contribution in [2.24, 2.45) is 0 Å². The van der Waals surface area contributed by atoms with Gasteiger partial charge in [-0.15, -0.1) is 0 Å². The van der Waals surface area contributed by atoms with Gasteiger partial charge in [-0.05, 0) is 47.5 Å². The number of nitrogens with zero attached hydrogens (tertiary/aromatic N) is 2. The number of carboxylic acids is 1. The van der Waals surface area contributed by atoms with Crippen LogP contribution in [0.25, 0.3) is 10.9 Å². The molecule has 1 heterocycles. The fourth-order valence-corrected chi connectivity index (χ4v) is 4.13. The summed E-state index contributed by atoms with van der Waals surface area (Å²) in [6.07, 6.45) is 0. The molecule has 0 saturated heterocycles. The second-order valence-electron chi connectivity index (χ2n) is 8.63. The smallest absolute Gasteiger partial charge is 0.335 e. The van der Waals surface area contributed by atoms with Crippen LogP contribution < -0.4 is 9.64 Å². The molecular formula is C31H26N2O3. The highest BCUT2D eigenvalue weighted by Crippen LogP contribution is 2.26. The summed E-state index contributed by atoms with van der Waals surface area (Å²) in [5.74, 6) is -0.157. The van der Waals surface area contributed by atoms with Crippen molar-refractivity contribution < 1.29 is 14.6 Å². The third kappa shape index (κ3) is 5.70. The number of para-hydroxylation sites is 1. The molecule has 1 aromatic heterocycles. The molecule has 5 heteroatoms. The van der Waals surface area contributed by atoms with Gasteiger partial charge in [0.2, 0.25) is 0 Å². The Morgan fingerprint density at radius 3 is 2.25 bits per heavy atom. The number of hydrogen-bond donors (Lipinski definition) is 1. The Hall–Kier alpha value is -4.64. The van der Waals surface area contributed by atoms with Crippen LogP contribution in [0.4, 0.5) is 5.69 Å². The molecule has 0 aliphatic carbocycles. The number of carbonyl (C=O) groups is 1. The summed E-state index contributed by atoms with van der Waals surface area (Å²) >= 11 is 0. The highest BCUT2D eigenvalue weighted by atomic mass is 16.5. The molecule has 5 nitrogen and oxygen atoms in total. The van der Waals surface area contributed by atoms with E-state index in [9.17, 15) is 9.90 Å². The molecule has 178 valence electrons. The van der Waals surface area contributed by atoms with E-state index in [1.54, 1.807) is 12.1 Å². The van der Waals surface area contributed by atoms with Crippen LogP contribution in [0, 0.1) is 0 Å². The molecule has 5 aromatic rings. The van der Waals surface area contributed by atoms with Crippen molar-refractivity contribution in [1.82, 2.24) is 4.98 Å². The van der Waals surface area contributed by atoms with Crippen LogP contribution in [-0.2, 0) is 19.7 Å². The Kier molecular flexibility index (Phi) is 6.90. The number of aromatic nitrogens is 1. The summed E-state index contributed by atoms with van der Waals surface area (Å²) in [6, 6.07) is 37.5. The molecule has 0 aliphatic rings. The topological polar surface area (TPSA) is 62.7 Å². The van der Waals surface area contributed by atoms with E-state index in [1.165, 1.54) is 5.56 Å². The number of ether oxygens (including phenoxy) is 1. The Bertz CT molecular complexity index is 1470. The van der Waals surface area contributed by atoms with Crippen molar-refractivity contribution >= 4 is 22.6 Å². The first-order valence-corrected chi connectivity index (χ1v) is 11.8. The first kappa shape index (κ1) is 23.1. The molecule has 4 aromatic carbocycles. The standard InChI is InChI=1S/C31H26N2O3/c34-31(35)26-15-13-24(14-16-26)21-33(20-23-7-2-1-3-8-23)28-10-6-11-29(19-28)36-22-27-18-17-25-9-4-5-12-30(25)32-27/h1-19H,20-22H2,(H,34,35). The predicted octanol–water partition coefficient (Wildman–Crippen LogP) is 6.72. The van der Waals surface area contributed by atoms with Crippen LogP contribution in [0.3, 0.4) is 0 Å². The minimum Gasteiger partial charge on any atom is -0.487 e. The molecule has 5 rings (SSSR count). The van der Waals surface area contributed by atoms with Crippen LogP contribution in [0.2, 0.25) is 0 Å². The Labute approximate surface area is 210 Å². The zero-order valence-corrected chi connectivity index (χ0v) is 19.7. The lowest BCUT2D eigenvalue weighted by Gasteiger charge is -2.26. The average Bonchev–Trinajstić information content (AvgIpc) is 2.92. The van der Waals surface area contributed by atoms with E-state index in [0.717, 1.165) is 33.6 Å². The zero-order chi connectivity index (χ0) is 24.7. The number of rotatable bonds is 9. The van der Waals surface area contributed by atoms with E-state index in [-0.39, 0.29) is 5.56 Å². The minimum atomic E-state index is -0.923. The van der Waals surface area contributed by atoms with E-state index >= 15 is 0 Å². The van der Waals surface area contributed by atoms with Gasteiger partial charge in [0.15, 0.2) is 0 Å². The number of aromatic carboxylic acids is 1. The molecule has 0 amide bonds. The van der Waals surface area contributed by atoms with E-state index < -0.39 is 5.97 Å². The van der Waals surface area contributed by atoms with Gasteiger partial charge in [-0.3, -0.25) is 0 Å². The number of anilines is 1. The van der Waals surface area contributed by atoms with Crippen molar-refractivity contribution in [2.45, 2.75) is 19.7 Å². The molecule has 0 atom stereocenters. The molecule has 0 radical (unpaired) electrons. The lowest BCUT2D eigenvalue weighted by atomic mass is 10.1. The molecular weight excluding hydrogens is 448 g/mol. The van der Waals surface area contributed by atoms with Gasteiger partial charge in [-0.25, -0.2) is 9.78 Å². The fraction of sp³-hybridized carbons (Fsp3) is 0.0968. The van der Waals surface area contributed by atoms with Crippen molar-refractivity contribution in [1.29, 1.82) is 0 Å². The number of benzene rings is 4. The largest absolute Gasteiger partial charge is 0.487 e. The molecule has 0 bridgehead atoms. The van der Waals surface area contributed by atoms with Crippen LogP contribution in [0.15, 0.2) is 115 Å². The summed E-state index contributed by atoms with van der Waals surface area (Å²) in [6.45, 7) is 1.71. The van der Waals surface area contributed by atoms with E-state index in [2.05, 4.69) is 29.2 Å². The zero-order valence-electron chi connectivity index (χ0n) is 19.7. The molecule has 1 N–H and O–H groups in total. The maximum absolute atomic E-state index is 11.2. The Morgan fingerprint density at radius 1 is 0.750 bits per heavy atom. The van der Waals surface area contributed by atoms with Crippen molar-refractivity contribution in [3.05, 3.63) is 138 Å². The van der Waals surface area contributed by atoms with Gasteiger partial charge in [0.1, 0.15) is 12.4 Å². The molecule has 0 unspecified atom stereocenters. The van der Waals surface area contributed by atoms with Gasteiger partial charge in [-0.2, -0.15) is 0 Å². The summed E-state index contributed by atoms with van der Waals surface area (Å²) < 4.78 is 6.12. The SMILES string of the molecule is O=C(O)c1ccc(CN(Cc2ccccc2)c2cccc(OCc3ccc4ccccc4n3)c2)cc1. The van der Waals surface area contributed by atoms with Gasteiger partial charge < -0.3 is 14.7 Å². The Balaban J connectivity index is 1.36. The first-order chi connectivity index (χ1) is 17.6. The second-order valence-corrected chi connectivity index (χ2v) is 8.63. The third-order valence-corrected chi connectivity index (χ3v) is 6.02. The molecule has 0 saturated carbocycles. The minimum absolute atomic E-state index is 0.283. The van der Waals surface area contributed by atoms with Gasteiger partial charge in [-0.1, -0.05) is 72.8 Å². The monoisotopic (exact) mass is 474 g/mol. The third-order valence-electron chi connectivity index (χ3n) is 6.02. The van der Waals surface area contributed by atoms with E-state index in [4.69, 9.17) is 9.72 Å². The first-order valence-electron chi connectivity index (χ1n) is 11.8. The van der Waals surface area contributed by atoms with Gasteiger partial charge in [0.05, 0.1) is 16.8 Å². The lowest BCUT2D eigenvalue weighted by Crippen LogP contribution is -2.22. The van der Waals surface area contributed by atoms with E-state index in [0.29, 0.717) is 19.7 Å². The van der Waals surface area contributed by atoms with Gasteiger partial charge in [0, 0.05) is 30.2 Å². The summed E-state index contributed by atoms with van der Waals surface area (Å²) in [5, 5.41) is 10.3. The quantitative estimate of drug-likeness (QED) is 0.257. The maximum atomic E-state index is 11.2. The molecule has 0 aliphatic heterocycles. The predicted molar refractivity (Wildman–Crippen MR) is 142 cm³/mol. The van der Waals surface area contributed by atoms with E-state index in [1.807, 2.05) is 78.9 Å². The highest BCUT2D eigenvalue weighted by Gasteiger charge is 2.11. The summed E-state index contributed by atoms with van der Waals surface area (Å²) in [4.78, 5) is 18.2. The normalized spacial score (nSPS) is 10.8. The van der Waals surface area contributed by atoms with Gasteiger partial charge in [0.25, 0.3) is 0 Å². The number of pyridine rings is 1. The molecule has 0 fully saturated rings. The lowest BCUT2D eigenvalue weighted by molar-refractivity contribution is 0.0697.